The largest absolute Gasteiger partial charge is 0.790 e. The quantitative estimate of drug-likeness (QED) is 0.343. The van der Waals surface area contributed by atoms with E-state index in [-0.39, 0.29) is 0 Å². The normalized spacial score (nSPS) is 37.9. The molecule has 1 fully saturated rings. The Morgan fingerprint density at radius 1 is 0.667 bits per heavy atom. The number of aliphatic hydroxyl groups is 3. The Bertz CT molecular complexity index is 575. The van der Waals surface area contributed by atoms with Crippen LogP contribution in [0, 0.1) is 0 Å². The molecule has 0 radical (unpaired) electrons. The lowest BCUT2D eigenvalue weighted by Crippen LogP contribution is -2.65. The molecule has 0 amide bonds. The molecule has 0 aromatic rings. The zero-order valence-electron chi connectivity index (χ0n) is 11.6. The van der Waals surface area contributed by atoms with Gasteiger partial charge in [-0.15, -0.1) is 0 Å². The summed E-state index contributed by atoms with van der Waals surface area (Å²) in [7, 11) is -16.4. The zero-order chi connectivity index (χ0) is 19.1. The van der Waals surface area contributed by atoms with E-state index in [1.165, 1.54) is 0 Å². The van der Waals surface area contributed by atoms with Crippen molar-refractivity contribution in [2.75, 3.05) is 6.66 Å². The van der Waals surface area contributed by atoms with Crippen LogP contribution in [0.3, 0.4) is 0 Å². The summed E-state index contributed by atoms with van der Waals surface area (Å²) < 4.78 is 44.5. The van der Waals surface area contributed by atoms with Crippen molar-refractivity contribution >= 4 is 23.2 Å². The van der Waals surface area contributed by atoms with Crippen LogP contribution in [0.2, 0.25) is 0 Å². The molecule has 0 saturated heterocycles. The van der Waals surface area contributed by atoms with Crippen LogP contribution in [0.15, 0.2) is 0 Å². The molecule has 0 bridgehead atoms. The molecule has 1 aliphatic carbocycles. The lowest BCUT2D eigenvalue weighted by atomic mass is 9.85. The summed E-state index contributed by atoms with van der Waals surface area (Å²) in [6, 6.07) is 0. The lowest BCUT2D eigenvalue weighted by Gasteiger charge is -2.50. The first-order chi connectivity index (χ1) is 10.5. The second-order valence-corrected chi connectivity index (χ2v) is 8.81. The first-order valence-electron chi connectivity index (χ1n) is 5.94. The van der Waals surface area contributed by atoms with Crippen LogP contribution >= 0.6 is 23.2 Å². The summed E-state index contributed by atoms with van der Waals surface area (Å²) in [6.45, 7) is 0.462. The van der Waals surface area contributed by atoms with Crippen LogP contribution in [-0.4, -0.2) is 58.6 Å². The zero-order valence-corrected chi connectivity index (χ0v) is 14.3. The lowest BCUT2D eigenvalue weighted by molar-refractivity contribution is -0.362. The SMILES string of the molecule is CP(=O)([O-])O[C@@H]1[C@@H](O)[C@H](OP(=O)([O-])[O-])[C@H](O)[C@H](O)[C@H]1OP(=O)([O-])[O-]. The van der Waals surface area contributed by atoms with Gasteiger partial charge in [0, 0.05) is 6.66 Å². The topological polar surface area (TPSA) is 255 Å². The van der Waals surface area contributed by atoms with E-state index < -0.39 is 59.9 Å². The number of hydrogen-bond acceptors (Lipinski definition) is 14. The molecule has 0 aromatic heterocycles. The van der Waals surface area contributed by atoms with Crippen molar-refractivity contribution in [3.63, 3.8) is 0 Å². The van der Waals surface area contributed by atoms with E-state index in [0.29, 0.717) is 6.66 Å². The minimum Gasteiger partial charge on any atom is -0.790 e. The number of phosphoric acid groups is 2. The maximum atomic E-state index is 11.2. The number of hydrogen-bond donors (Lipinski definition) is 3. The van der Waals surface area contributed by atoms with Crippen LogP contribution in [-0.2, 0) is 27.3 Å². The van der Waals surface area contributed by atoms with E-state index >= 15 is 0 Å². The molecular weight excluding hydrogens is 401 g/mol. The summed E-state index contributed by atoms with van der Waals surface area (Å²) in [5.74, 6) is 0. The van der Waals surface area contributed by atoms with E-state index in [9.17, 15) is 53.5 Å². The Labute approximate surface area is 134 Å². The van der Waals surface area contributed by atoms with Gasteiger partial charge in [0.1, 0.15) is 44.2 Å². The Morgan fingerprint density at radius 2 is 1.00 bits per heavy atom. The minimum absolute atomic E-state index is 0.462. The summed E-state index contributed by atoms with van der Waals surface area (Å²) >= 11 is 0. The molecule has 144 valence electrons. The second kappa shape index (κ2) is 7.47. The average molecular weight is 413 g/mol. The van der Waals surface area contributed by atoms with E-state index in [1.807, 2.05) is 0 Å². The molecule has 14 nitrogen and oxygen atoms in total. The number of rotatable bonds is 6. The van der Waals surface area contributed by atoms with E-state index in [1.54, 1.807) is 0 Å². The van der Waals surface area contributed by atoms with Crippen molar-refractivity contribution in [1.82, 2.24) is 0 Å². The van der Waals surface area contributed by atoms with Gasteiger partial charge in [-0.3, -0.25) is 0 Å². The van der Waals surface area contributed by atoms with Gasteiger partial charge in [-0.05, 0) is 0 Å². The predicted octanol–water partition coefficient (Wildman–Crippen LogP) is -5.92. The standard InChI is InChI=1S/C7H17O14P3/c1-22(11,12)19-7-4(10)5(20-23(13,14)15)2(8)3(9)6(7)21-24(16,17)18/h2-10H,1H3,(H,11,12)(H2,13,14,15)(H2,16,17,18)/p-5/t2-,3+,4+,5-,6-,7-/m1/s1. The molecule has 1 rings (SSSR count). The maximum absolute atomic E-state index is 11.2. The molecule has 0 spiro atoms. The van der Waals surface area contributed by atoms with Crippen molar-refractivity contribution < 1.29 is 67.1 Å². The molecular formula is C7H12O14P3-5. The van der Waals surface area contributed by atoms with Crippen LogP contribution in [0.4, 0.5) is 0 Å². The third-order valence-corrected chi connectivity index (χ3v) is 4.46. The molecule has 3 N–H and O–H groups in total. The average Bonchev–Trinajstić information content (AvgIpc) is 2.32. The first-order valence-corrected chi connectivity index (χ1v) is 10.8. The van der Waals surface area contributed by atoms with Gasteiger partial charge in [0.05, 0.1) is 15.6 Å². The van der Waals surface area contributed by atoms with Gasteiger partial charge >= 0.3 is 0 Å². The Kier molecular flexibility index (Phi) is 6.94. The summed E-state index contributed by atoms with van der Waals surface area (Å²) in [6.07, 6.45) is -14.6. The fraction of sp³-hybridized carbons (Fsp3) is 1.00. The van der Waals surface area contributed by atoms with Gasteiger partial charge in [0.2, 0.25) is 0 Å². The molecule has 0 heterocycles. The third-order valence-electron chi connectivity index (χ3n) is 2.83. The first kappa shape index (κ1) is 22.3. The second-order valence-electron chi connectivity index (χ2n) is 4.85. The van der Waals surface area contributed by atoms with Crippen molar-refractivity contribution in [2.24, 2.45) is 0 Å². The van der Waals surface area contributed by atoms with Crippen LogP contribution in [0.25, 0.3) is 0 Å². The van der Waals surface area contributed by atoms with Crippen molar-refractivity contribution in [3.8, 4) is 0 Å². The van der Waals surface area contributed by atoms with Gasteiger partial charge in [-0.1, -0.05) is 0 Å². The molecule has 0 aromatic carbocycles. The van der Waals surface area contributed by atoms with Crippen LogP contribution in [0.5, 0.6) is 0 Å². The van der Waals surface area contributed by atoms with Gasteiger partial charge in [-0.2, -0.15) is 0 Å². The van der Waals surface area contributed by atoms with Crippen LogP contribution < -0.4 is 24.5 Å². The predicted molar refractivity (Wildman–Crippen MR) is 61.4 cm³/mol. The Balaban J connectivity index is 3.23. The third kappa shape index (κ3) is 6.52. The molecule has 17 heteroatoms. The molecule has 24 heavy (non-hydrogen) atoms. The van der Waals surface area contributed by atoms with E-state index in [0.717, 1.165) is 0 Å². The van der Waals surface area contributed by atoms with Gasteiger partial charge < -0.3 is 67.1 Å². The number of phosphoric ester groups is 2. The Morgan fingerprint density at radius 3 is 1.38 bits per heavy atom. The maximum Gasteiger partial charge on any atom is 0.132 e. The summed E-state index contributed by atoms with van der Waals surface area (Å²) in [5, 5.41) is 29.2. The number of aliphatic hydroxyl groups excluding tert-OH is 3. The highest BCUT2D eigenvalue weighted by Crippen LogP contribution is 2.44. The molecule has 1 saturated carbocycles. The molecule has 7 atom stereocenters. The molecule has 1 unspecified atom stereocenters. The van der Waals surface area contributed by atoms with Crippen LogP contribution in [0.1, 0.15) is 0 Å². The summed E-state index contributed by atoms with van der Waals surface area (Å²) in [4.78, 5) is 53.8. The highest BCUT2D eigenvalue weighted by molar-refractivity contribution is 7.50. The van der Waals surface area contributed by atoms with Crippen molar-refractivity contribution in [1.29, 1.82) is 0 Å². The van der Waals surface area contributed by atoms with Gasteiger partial charge in [0.15, 0.2) is 0 Å². The Hall–Kier alpha value is 0.250. The summed E-state index contributed by atoms with van der Waals surface area (Å²) in [5.41, 5.74) is 0. The van der Waals surface area contributed by atoms with E-state index in [2.05, 4.69) is 13.6 Å². The van der Waals surface area contributed by atoms with Gasteiger partial charge in [0.25, 0.3) is 0 Å². The van der Waals surface area contributed by atoms with Crippen molar-refractivity contribution in [2.45, 2.75) is 36.6 Å². The fourth-order valence-corrected chi connectivity index (χ4v) is 3.83. The van der Waals surface area contributed by atoms with Gasteiger partial charge in [-0.25, -0.2) is 0 Å². The molecule has 0 aliphatic heterocycles. The smallest absolute Gasteiger partial charge is 0.132 e. The highest BCUT2D eigenvalue weighted by Gasteiger charge is 2.52. The highest BCUT2D eigenvalue weighted by atomic mass is 31.2. The van der Waals surface area contributed by atoms with E-state index in [4.69, 9.17) is 0 Å². The molecule has 1 aliphatic rings. The monoisotopic (exact) mass is 413 g/mol. The fourth-order valence-electron chi connectivity index (χ4n) is 2.05. The van der Waals surface area contributed by atoms with Crippen molar-refractivity contribution in [3.05, 3.63) is 0 Å². The minimum atomic E-state index is -5.86.